The molecule has 1 aromatic heterocycles. The molecule has 0 radical (unpaired) electrons. The number of esters is 1. The average Bonchev–Trinajstić information content (AvgIpc) is 2.85. The normalized spacial score (nSPS) is 11.2. The van der Waals surface area contributed by atoms with Gasteiger partial charge in [0.05, 0.1) is 29.1 Å². The second-order valence-electron chi connectivity index (χ2n) is 7.43. The van der Waals surface area contributed by atoms with Crippen molar-refractivity contribution in [1.82, 2.24) is 4.57 Å². The number of carbonyl (C=O) groups excluding carboxylic acids is 1. The molecule has 0 aliphatic rings. The molecule has 0 bridgehead atoms. The Morgan fingerprint density at radius 2 is 1.64 bits per heavy atom. The van der Waals surface area contributed by atoms with E-state index in [0.29, 0.717) is 27.6 Å². The highest BCUT2D eigenvalue weighted by Gasteiger charge is 2.17. The Hall–Kier alpha value is -4.19. The zero-order chi connectivity index (χ0) is 23.4. The van der Waals surface area contributed by atoms with Crippen molar-refractivity contribution in [3.05, 3.63) is 99.8 Å². The lowest BCUT2D eigenvalue weighted by molar-refractivity contribution is 0.0526. The van der Waals surface area contributed by atoms with Crippen LogP contribution in [0, 0.1) is 0 Å². The zero-order valence-electron chi connectivity index (χ0n) is 18.5. The van der Waals surface area contributed by atoms with Crippen LogP contribution in [0.4, 0.5) is 5.69 Å². The third-order valence-electron chi connectivity index (χ3n) is 5.45. The van der Waals surface area contributed by atoms with E-state index in [2.05, 4.69) is 11.9 Å². The molecular weight excluding hydrogens is 416 g/mol. The molecule has 1 N–H and O–H groups in total. The number of ether oxygens (including phenoxy) is 1. The van der Waals surface area contributed by atoms with Crippen LogP contribution in [0.1, 0.15) is 35.3 Å². The van der Waals surface area contributed by atoms with Gasteiger partial charge in [-0.2, -0.15) is 0 Å². The predicted molar refractivity (Wildman–Crippen MR) is 130 cm³/mol. The first-order chi connectivity index (χ1) is 16.0. The van der Waals surface area contributed by atoms with Gasteiger partial charge in [-0.3, -0.25) is 9.79 Å². The van der Waals surface area contributed by atoms with Gasteiger partial charge in [0.15, 0.2) is 0 Å². The third kappa shape index (κ3) is 4.28. The van der Waals surface area contributed by atoms with Crippen LogP contribution in [0.25, 0.3) is 16.5 Å². The first-order valence-electron chi connectivity index (χ1n) is 10.8. The molecule has 0 saturated heterocycles. The number of rotatable bonds is 6. The van der Waals surface area contributed by atoms with E-state index < -0.39 is 5.97 Å². The second kappa shape index (κ2) is 9.53. The van der Waals surface area contributed by atoms with E-state index in [0.717, 1.165) is 17.7 Å². The molecule has 0 spiro atoms. The van der Waals surface area contributed by atoms with Gasteiger partial charge in [-0.15, -0.1) is 0 Å². The van der Waals surface area contributed by atoms with Crippen molar-refractivity contribution < 1.29 is 14.6 Å². The lowest BCUT2D eigenvalue weighted by Gasteiger charge is -2.14. The summed E-state index contributed by atoms with van der Waals surface area (Å²) in [5.74, 6) is -0.665. The first-order valence-corrected chi connectivity index (χ1v) is 10.8. The van der Waals surface area contributed by atoms with E-state index in [1.165, 1.54) is 4.57 Å². The van der Waals surface area contributed by atoms with Crippen LogP contribution >= 0.6 is 0 Å². The molecule has 0 fully saturated rings. The Morgan fingerprint density at radius 3 is 2.33 bits per heavy atom. The molecule has 4 aromatic rings. The number of benzene rings is 3. The summed E-state index contributed by atoms with van der Waals surface area (Å²) in [6.07, 6.45) is 2.42. The van der Waals surface area contributed by atoms with E-state index in [1.807, 2.05) is 30.3 Å². The maximum atomic E-state index is 13.3. The molecule has 0 aliphatic heterocycles. The Kier molecular flexibility index (Phi) is 6.36. The number of aromatic nitrogens is 1. The molecule has 33 heavy (non-hydrogen) atoms. The number of carbonyl (C=O) groups is 1. The Morgan fingerprint density at radius 1 is 0.970 bits per heavy atom. The number of hydrogen-bond donors (Lipinski definition) is 1. The number of fused-ring (bicyclic) bond motifs is 1. The highest BCUT2D eigenvalue weighted by Crippen LogP contribution is 2.27. The fraction of sp³-hybridized carbons (Fsp3) is 0.148. The maximum Gasteiger partial charge on any atom is 0.338 e. The van der Waals surface area contributed by atoms with Crippen molar-refractivity contribution in [2.24, 2.45) is 4.99 Å². The summed E-state index contributed by atoms with van der Waals surface area (Å²) in [5, 5.41) is 12.2. The predicted octanol–water partition coefficient (Wildman–Crippen LogP) is 5.19. The number of nitrogens with zero attached hydrogens (tertiary/aromatic N) is 2. The number of aryl methyl sites for hydroxylation is 1. The summed E-state index contributed by atoms with van der Waals surface area (Å²) in [6, 6.07) is 21.3. The molecule has 0 aliphatic carbocycles. The summed E-state index contributed by atoms with van der Waals surface area (Å²) in [4.78, 5) is 29.9. The first kappa shape index (κ1) is 22.0. The number of para-hydroxylation sites is 1. The van der Waals surface area contributed by atoms with Gasteiger partial charge < -0.3 is 9.84 Å². The lowest BCUT2D eigenvalue weighted by atomic mass is 10.1. The van der Waals surface area contributed by atoms with Crippen LogP contribution < -0.4 is 5.56 Å². The van der Waals surface area contributed by atoms with E-state index in [1.54, 1.807) is 55.6 Å². The molecule has 0 amide bonds. The Balaban J connectivity index is 1.88. The topological polar surface area (TPSA) is 80.9 Å². The zero-order valence-corrected chi connectivity index (χ0v) is 18.5. The smallest absolute Gasteiger partial charge is 0.338 e. The van der Waals surface area contributed by atoms with E-state index in [-0.39, 0.29) is 18.0 Å². The van der Waals surface area contributed by atoms with Crippen LogP contribution in [0.5, 0.6) is 5.88 Å². The Bertz CT molecular complexity index is 1400. The highest BCUT2D eigenvalue weighted by molar-refractivity contribution is 6.02. The van der Waals surface area contributed by atoms with Crippen LogP contribution in [0.3, 0.4) is 0 Å². The van der Waals surface area contributed by atoms with Gasteiger partial charge in [0, 0.05) is 17.0 Å². The highest BCUT2D eigenvalue weighted by atomic mass is 16.5. The average molecular weight is 440 g/mol. The number of aromatic hydroxyl groups is 1. The molecule has 0 saturated carbocycles. The van der Waals surface area contributed by atoms with Crippen molar-refractivity contribution in [1.29, 1.82) is 0 Å². The van der Waals surface area contributed by atoms with Gasteiger partial charge >= 0.3 is 5.97 Å². The number of aliphatic imine (C=N–C) groups is 1. The van der Waals surface area contributed by atoms with E-state index >= 15 is 0 Å². The molecule has 4 rings (SSSR count). The van der Waals surface area contributed by atoms with E-state index in [4.69, 9.17) is 4.74 Å². The Labute approximate surface area is 191 Å². The summed E-state index contributed by atoms with van der Waals surface area (Å²) < 4.78 is 6.24. The lowest BCUT2D eigenvalue weighted by Crippen LogP contribution is -2.20. The maximum absolute atomic E-state index is 13.3. The molecule has 3 aromatic carbocycles. The minimum atomic E-state index is -0.443. The third-order valence-corrected chi connectivity index (χ3v) is 5.45. The van der Waals surface area contributed by atoms with Gasteiger partial charge in [0.2, 0.25) is 5.88 Å². The van der Waals surface area contributed by atoms with Crippen LogP contribution in [0.2, 0.25) is 0 Å². The van der Waals surface area contributed by atoms with Gasteiger partial charge in [-0.1, -0.05) is 43.3 Å². The molecule has 6 heteroatoms. The molecular formula is C27H24N2O4. The minimum Gasteiger partial charge on any atom is -0.494 e. The van der Waals surface area contributed by atoms with Crippen LogP contribution in [-0.4, -0.2) is 28.5 Å². The largest absolute Gasteiger partial charge is 0.494 e. The monoisotopic (exact) mass is 440 g/mol. The SMILES string of the molecule is CCOC(=O)c1ccc(-n2c(O)c(C=Nc3ccccc3CC)c3ccccc3c2=O)cc1. The van der Waals surface area contributed by atoms with Gasteiger partial charge in [-0.05, 0) is 55.3 Å². The minimum absolute atomic E-state index is 0.222. The number of hydrogen-bond acceptors (Lipinski definition) is 5. The van der Waals surface area contributed by atoms with Crippen LogP contribution in [-0.2, 0) is 11.2 Å². The fourth-order valence-electron chi connectivity index (χ4n) is 3.76. The van der Waals surface area contributed by atoms with Crippen molar-refractivity contribution in [3.63, 3.8) is 0 Å². The summed E-state index contributed by atoms with van der Waals surface area (Å²) in [7, 11) is 0. The van der Waals surface area contributed by atoms with Crippen molar-refractivity contribution in [2.45, 2.75) is 20.3 Å². The van der Waals surface area contributed by atoms with Crippen LogP contribution in [0.15, 0.2) is 82.6 Å². The van der Waals surface area contributed by atoms with Crippen molar-refractivity contribution in [2.75, 3.05) is 6.61 Å². The number of pyridine rings is 1. The summed E-state index contributed by atoms with van der Waals surface area (Å²) >= 11 is 0. The molecule has 0 unspecified atom stereocenters. The molecule has 1 heterocycles. The molecule has 166 valence electrons. The standard InChI is InChI=1S/C27H24N2O4/c1-3-18-9-5-8-12-24(18)28-17-23-21-10-6-7-11-22(21)25(30)29(26(23)31)20-15-13-19(14-16-20)27(32)33-4-2/h5-17,31H,3-4H2,1-2H3. The van der Waals surface area contributed by atoms with Crippen molar-refractivity contribution in [3.8, 4) is 11.6 Å². The van der Waals surface area contributed by atoms with Gasteiger partial charge in [0.1, 0.15) is 0 Å². The van der Waals surface area contributed by atoms with Gasteiger partial charge in [0.25, 0.3) is 5.56 Å². The van der Waals surface area contributed by atoms with Gasteiger partial charge in [-0.25, -0.2) is 9.36 Å². The van der Waals surface area contributed by atoms with E-state index in [9.17, 15) is 14.7 Å². The molecule has 6 nitrogen and oxygen atoms in total. The summed E-state index contributed by atoms with van der Waals surface area (Å²) in [5.41, 5.74) is 2.76. The molecule has 0 atom stereocenters. The quantitative estimate of drug-likeness (QED) is 0.331. The second-order valence-corrected chi connectivity index (χ2v) is 7.43. The summed E-state index contributed by atoms with van der Waals surface area (Å²) in [6.45, 7) is 4.07. The van der Waals surface area contributed by atoms with Crippen molar-refractivity contribution >= 4 is 28.6 Å². The fourth-order valence-corrected chi connectivity index (χ4v) is 3.76.